The SMILES string of the molecule is CN(C)CCC1(c2ccc(N3C(=O)N4CCCC[C@@H]4C3C(N)=O)cc2)CC1. The van der Waals surface area contributed by atoms with Gasteiger partial charge in [-0.1, -0.05) is 12.1 Å². The molecule has 3 amide bonds. The normalized spacial score (nSPS) is 26.4. The zero-order valence-electron chi connectivity index (χ0n) is 16.4. The highest BCUT2D eigenvalue weighted by Gasteiger charge is 2.50. The standard InChI is InChI=1S/C21H30N4O2/c1-23(2)14-12-21(10-11-21)15-6-8-16(9-7-15)25-18(19(22)26)17-5-3-4-13-24(17)20(25)27/h6-9,17-18H,3-5,10-14H2,1-2H3,(H2,22,26)/t17-,18?/m1/s1. The Labute approximate surface area is 161 Å². The summed E-state index contributed by atoms with van der Waals surface area (Å²) in [5.74, 6) is -0.411. The molecule has 146 valence electrons. The molecule has 0 radical (unpaired) electrons. The lowest BCUT2D eigenvalue weighted by molar-refractivity contribution is -0.119. The number of fused-ring (bicyclic) bond motifs is 1. The number of benzene rings is 1. The number of hydrogen-bond donors (Lipinski definition) is 1. The molecule has 2 heterocycles. The summed E-state index contributed by atoms with van der Waals surface area (Å²) in [5, 5.41) is 0. The maximum absolute atomic E-state index is 13.0. The van der Waals surface area contributed by atoms with Crippen molar-refractivity contribution in [1.29, 1.82) is 0 Å². The molecule has 6 heteroatoms. The Morgan fingerprint density at radius 2 is 1.93 bits per heavy atom. The van der Waals surface area contributed by atoms with Crippen LogP contribution < -0.4 is 10.6 Å². The quantitative estimate of drug-likeness (QED) is 0.835. The molecule has 0 bridgehead atoms. The highest BCUT2D eigenvalue weighted by molar-refractivity contribution is 6.03. The summed E-state index contributed by atoms with van der Waals surface area (Å²) >= 11 is 0. The Hall–Kier alpha value is -2.08. The average Bonchev–Trinajstić information content (AvgIpc) is 3.39. The fourth-order valence-electron chi connectivity index (χ4n) is 4.79. The molecular weight excluding hydrogens is 340 g/mol. The van der Waals surface area contributed by atoms with Crippen LogP contribution in [0, 0.1) is 0 Å². The summed E-state index contributed by atoms with van der Waals surface area (Å²) < 4.78 is 0. The van der Waals surface area contributed by atoms with Crippen LogP contribution >= 0.6 is 0 Å². The maximum atomic E-state index is 13.0. The summed E-state index contributed by atoms with van der Waals surface area (Å²) in [6, 6.07) is 7.55. The van der Waals surface area contributed by atoms with Crippen molar-refractivity contribution in [3.63, 3.8) is 0 Å². The van der Waals surface area contributed by atoms with Crippen molar-refractivity contribution in [1.82, 2.24) is 9.80 Å². The number of carbonyl (C=O) groups excluding carboxylic acids is 2. The number of nitrogens with zero attached hydrogens (tertiary/aromatic N) is 3. The van der Waals surface area contributed by atoms with Crippen molar-refractivity contribution >= 4 is 17.6 Å². The second-order valence-electron chi connectivity index (χ2n) is 8.64. The third kappa shape index (κ3) is 3.20. The Balaban J connectivity index is 1.57. The molecular formula is C21H30N4O2. The van der Waals surface area contributed by atoms with Crippen LogP contribution in [0.2, 0.25) is 0 Å². The molecule has 1 aromatic rings. The zero-order valence-corrected chi connectivity index (χ0v) is 16.4. The molecule has 3 fully saturated rings. The van der Waals surface area contributed by atoms with E-state index in [1.165, 1.54) is 18.4 Å². The largest absolute Gasteiger partial charge is 0.368 e. The first-order chi connectivity index (χ1) is 12.9. The van der Waals surface area contributed by atoms with Gasteiger partial charge in [0.25, 0.3) is 0 Å². The molecule has 0 aromatic heterocycles. The molecule has 4 rings (SSSR count). The number of amides is 3. The van der Waals surface area contributed by atoms with Gasteiger partial charge in [0, 0.05) is 12.2 Å². The van der Waals surface area contributed by atoms with Gasteiger partial charge in [0.15, 0.2) is 0 Å². The van der Waals surface area contributed by atoms with Gasteiger partial charge in [0.2, 0.25) is 5.91 Å². The monoisotopic (exact) mass is 370 g/mol. The fraction of sp³-hybridized carbons (Fsp3) is 0.619. The lowest BCUT2D eigenvalue weighted by atomic mass is 9.92. The smallest absolute Gasteiger partial charge is 0.325 e. The van der Waals surface area contributed by atoms with E-state index in [0.29, 0.717) is 5.41 Å². The van der Waals surface area contributed by atoms with Crippen LogP contribution in [0.15, 0.2) is 24.3 Å². The van der Waals surface area contributed by atoms with E-state index < -0.39 is 11.9 Å². The van der Waals surface area contributed by atoms with Crippen LogP contribution in [-0.4, -0.2) is 61.0 Å². The van der Waals surface area contributed by atoms with E-state index in [0.717, 1.165) is 44.5 Å². The second-order valence-corrected chi connectivity index (χ2v) is 8.64. The van der Waals surface area contributed by atoms with E-state index in [1.807, 2.05) is 17.0 Å². The van der Waals surface area contributed by atoms with Gasteiger partial charge in [0.1, 0.15) is 6.04 Å². The lowest BCUT2D eigenvalue weighted by Gasteiger charge is -2.29. The van der Waals surface area contributed by atoms with Crippen LogP contribution in [-0.2, 0) is 10.2 Å². The molecule has 2 N–H and O–H groups in total. The number of carbonyl (C=O) groups is 2. The minimum absolute atomic E-state index is 0.0787. The average molecular weight is 370 g/mol. The van der Waals surface area contributed by atoms with Crippen molar-refractivity contribution < 1.29 is 9.59 Å². The molecule has 6 nitrogen and oxygen atoms in total. The molecule has 2 saturated heterocycles. The van der Waals surface area contributed by atoms with E-state index in [-0.39, 0.29) is 12.1 Å². The summed E-state index contributed by atoms with van der Waals surface area (Å²) in [5.41, 5.74) is 8.12. The van der Waals surface area contributed by atoms with Crippen LogP contribution in [0.3, 0.4) is 0 Å². The van der Waals surface area contributed by atoms with Crippen molar-refractivity contribution in [2.45, 2.75) is 56.0 Å². The van der Waals surface area contributed by atoms with Gasteiger partial charge < -0.3 is 15.5 Å². The number of urea groups is 1. The fourth-order valence-corrected chi connectivity index (χ4v) is 4.79. The third-order valence-electron chi connectivity index (χ3n) is 6.58. The minimum atomic E-state index is -0.563. The molecule has 1 aromatic carbocycles. The molecule has 0 spiro atoms. The van der Waals surface area contributed by atoms with Crippen molar-refractivity contribution in [3.8, 4) is 0 Å². The predicted molar refractivity (Wildman–Crippen MR) is 106 cm³/mol. The van der Waals surface area contributed by atoms with Gasteiger partial charge >= 0.3 is 6.03 Å². The molecule has 3 aliphatic rings. The van der Waals surface area contributed by atoms with Crippen LogP contribution in [0.5, 0.6) is 0 Å². The van der Waals surface area contributed by atoms with Gasteiger partial charge in [-0.3, -0.25) is 9.69 Å². The highest BCUT2D eigenvalue weighted by atomic mass is 16.2. The summed E-state index contributed by atoms with van der Waals surface area (Å²) in [7, 11) is 4.22. The summed E-state index contributed by atoms with van der Waals surface area (Å²) in [6.07, 6.45) is 6.49. The maximum Gasteiger partial charge on any atom is 0.325 e. The number of hydrogen-bond acceptors (Lipinski definition) is 3. The first-order valence-electron chi connectivity index (χ1n) is 10.1. The highest BCUT2D eigenvalue weighted by Crippen LogP contribution is 2.51. The van der Waals surface area contributed by atoms with Crippen molar-refractivity contribution in [2.75, 3.05) is 32.1 Å². The molecule has 1 unspecified atom stereocenters. The minimum Gasteiger partial charge on any atom is -0.368 e. The Morgan fingerprint density at radius 1 is 1.22 bits per heavy atom. The van der Waals surface area contributed by atoms with Gasteiger partial charge in [-0.15, -0.1) is 0 Å². The van der Waals surface area contributed by atoms with Gasteiger partial charge in [-0.05, 0) is 82.3 Å². The molecule has 1 saturated carbocycles. The van der Waals surface area contributed by atoms with Crippen LogP contribution in [0.1, 0.15) is 44.1 Å². The van der Waals surface area contributed by atoms with E-state index in [2.05, 4.69) is 31.1 Å². The van der Waals surface area contributed by atoms with Crippen molar-refractivity contribution in [3.05, 3.63) is 29.8 Å². The number of anilines is 1. The second kappa shape index (κ2) is 6.82. The van der Waals surface area contributed by atoms with Crippen LogP contribution in [0.4, 0.5) is 10.5 Å². The van der Waals surface area contributed by atoms with Crippen LogP contribution in [0.25, 0.3) is 0 Å². The first-order valence-corrected chi connectivity index (χ1v) is 10.1. The third-order valence-corrected chi connectivity index (χ3v) is 6.58. The number of primary amides is 1. The Morgan fingerprint density at radius 3 is 2.52 bits per heavy atom. The molecule has 1 aliphatic carbocycles. The topological polar surface area (TPSA) is 69.9 Å². The summed E-state index contributed by atoms with van der Waals surface area (Å²) in [4.78, 5) is 30.8. The van der Waals surface area contributed by atoms with E-state index in [4.69, 9.17) is 5.73 Å². The molecule has 27 heavy (non-hydrogen) atoms. The predicted octanol–water partition coefficient (Wildman–Crippen LogP) is 2.32. The van der Waals surface area contributed by atoms with E-state index in [9.17, 15) is 9.59 Å². The summed E-state index contributed by atoms with van der Waals surface area (Å²) in [6.45, 7) is 1.79. The van der Waals surface area contributed by atoms with Crippen molar-refractivity contribution in [2.24, 2.45) is 5.73 Å². The van der Waals surface area contributed by atoms with E-state index >= 15 is 0 Å². The van der Waals surface area contributed by atoms with Gasteiger partial charge in [-0.2, -0.15) is 0 Å². The molecule has 2 atom stereocenters. The first kappa shape index (κ1) is 18.3. The van der Waals surface area contributed by atoms with E-state index in [1.54, 1.807) is 4.90 Å². The lowest BCUT2D eigenvalue weighted by Crippen LogP contribution is -2.48. The number of piperidine rings is 1. The van der Waals surface area contributed by atoms with Gasteiger partial charge in [0.05, 0.1) is 6.04 Å². The van der Waals surface area contributed by atoms with Gasteiger partial charge in [-0.25, -0.2) is 4.79 Å². The number of rotatable bonds is 6. The Bertz CT molecular complexity index is 726. The molecule has 2 aliphatic heterocycles. The zero-order chi connectivity index (χ0) is 19.2. The Kier molecular flexibility index (Phi) is 4.62. The number of nitrogens with two attached hydrogens (primary N) is 1.